The lowest BCUT2D eigenvalue weighted by Gasteiger charge is -2.36. The van der Waals surface area contributed by atoms with Gasteiger partial charge in [0.25, 0.3) is 10.0 Å². The second-order valence-corrected chi connectivity index (χ2v) is 8.32. The maximum absolute atomic E-state index is 12.8. The van der Waals surface area contributed by atoms with Crippen LogP contribution in [0.25, 0.3) is 0 Å². The van der Waals surface area contributed by atoms with Gasteiger partial charge in [-0.3, -0.25) is 0 Å². The Kier molecular flexibility index (Phi) is 5.19. The highest BCUT2D eigenvalue weighted by Gasteiger charge is 2.36. The Morgan fingerprint density at radius 2 is 2.25 bits per heavy atom. The third kappa shape index (κ3) is 3.23. The zero-order chi connectivity index (χ0) is 14.8. The SMILES string of the molecule is CCC1COC(C)CN1S(=O)(=O)c1ccc(CNC)s1. The minimum atomic E-state index is -3.41. The lowest BCUT2D eigenvalue weighted by Crippen LogP contribution is -2.50. The first kappa shape index (κ1) is 15.9. The van der Waals surface area contributed by atoms with Crippen LogP contribution >= 0.6 is 11.3 Å². The molecule has 1 aliphatic heterocycles. The van der Waals surface area contributed by atoms with Gasteiger partial charge in [0.05, 0.1) is 12.7 Å². The highest BCUT2D eigenvalue weighted by molar-refractivity contribution is 7.91. The van der Waals surface area contributed by atoms with Gasteiger partial charge in [0.15, 0.2) is 0 Å². The van der Waals surface area contributed by atoms with Crippen molar-refractivity contribution in [3.63, 3.8) is 0 Å². The molecule has 7 heteroatoms. The summed E-state index contributed by atoms with van der Waals surface area (Å²) < 4.78 is 33.2. The van der Waals surface area contributed by atoms with E-state index in [2.05, 4.69) is 5.32 Å². The summed E-state index contributed by atoms with van der Waals surface area (Å²) in [5.41, 5.74) is 0. The molecule has 1 aliphatic rings. The van der Waals surface area contributed by atoms with E-state index in [0.717, 1.165) is 11.3 Å². The first-order chi connectivity index (χ1) is 9.48. The second kappa shape index (κ2) is 6.53. The number of morpholine rings is 1. The topological polar surface area (TPSA) is 58.6 Å². The van der Waals surface area contributed by atoms with Crippen molar-refractivity contribution in [1.82, 2.24) is 9.62 Å². The highest BCUT2D eigenvalue weighted by Crippen LogP contribution is 2.29. The summed E-state index contributed by atoms with van der Waals surface area (Å²) in [4.78, 5) is 1.03. The van der Waals surface area contributed by atoms with Crippen molar-refractivity contribution in [2.24, 2.45) is 0 Å². The van der Waals surface area contributed by atoms with Crippen LogP contribution in [0.3, 0.4) is 0 Å². The largest absolute Gasteiger partial charge is 0.375 e. The van der Waals surface area contributed by atoms with E-state index in [1.165, 1.54) is 11.3 Å². The van der Waals surface area contributed by atoms with Crippen molar-refractivity contribution in [2.75, 3.05) is 20.2 Å². The van der Waals surface area contributed by atoms with Gasteiger partial charge in [-0.05, 0) is 32.5 Å². The molecule has 2 heterocycles. The number of sulfonamides is 1. The van der Waals surface area contributed by atoms with E-state index >= 15 is 0 Å². The lowest BCUT2D eigenvalue weighted by atomic mass is 10.2. The van der Waals surface area contributed by atoms with Crippen molar-refractivity contribution in [2.45, 2.75) is 43.2 Å². The first-order valence-electron chi connectivity index (χ1n) is 6.85. The molecule has 0 amide bonds. The van der Waals surface area contributed by atoms with E-state index in [-0.39, 0.29) is 12.1 Å². The molecule has 0 aliphatic carbocycles. The van der Waals surface area contributed by atoms with E-state index in [9.17, 15) is 8.42 Å². The summed E-state index contributed by atoms with van der Waals surface area (Å²) in [6, 6.07) is 3.52. The van der Waals surface area contributed by atoms with Gasteiger partial charge in [0, 0.05) is 24.0 Å². The molecule has 0 radical (unpaired) electrons. The maximum atomic E-state index is 12.8. The lowest BCUT2D eigenvalue weighted by molar-refractivity contribution is -0.0229. The predicted octanol–water partition coefficient (Wildman–Crippen LogP) is 1.66. The van der Waals surface area contributed by atoms with Crippen LogP contribution < -0.4 is 5.32 Å². The highest BCUT2D eigenvalue weighted by atomic mass is 32.2. The summed E-state index contributed by atoms with van der Waals surface area (Å²) in [5.74, 6) is 0. The van der Waals surface area contributed by atoms with E-state index in [0.29, 0.717) is 23.9 Å². The van der Waals surface area contributed by atoms with Gasteiger partial charge < -0.3 is 10.1 Å². The molecule has 0 aromatic carbocycles. The van der Waals surface area contributed by atoms with Crippen molar-refractivity contribution < 1.29 is 13.2 Å². The summed E-state index contributed by atoms with van der Waals surface area (Å²) in [7, 11) is -1.56. The maximum Gasteiger partial charge on any atom is 0.252 e. The smallest absolute Gasteiger partial charge is 0.252 e. The van der Waals surface area contributed by atoms with E-state index < -0.39 is 10.0 Å². The number of ether oxygens (including phenoxy) is 1. The number of nitrogens with one attached hydrogen (secondary N) is 1. The molecule has 20 heavy (non-hydrogen) atoms. The monoisotopic (exact) mass is 318 g/mol. The third-order valence-electron chi connectivity index (χ3n) is 3.44. The Morgan fingerprint density at radius 1 is 1.50 bits per heavy atom. The van der Waals surface area contributed by atoms with Gasteiger partial charge in [-0.2, -0.15) is 4.31 Å². The predicted molar refractivity (Wildman–Crippen MR) is 80.5 cm³/mol. The zero-order valence-corrected chi connectivity index (χ0v) is 13.8. The van der Waals surface area contributed by atoms with Gasteiger partial charge >= 0.3 is 0 Å². The average molecular weight is 318 g/mol. The van der Waals surface area contributed by atoms with Gasteiger partial charge in [-0.15, -0.1) is 11.3 Å². The van der Waals surface area contributed by atoms with Crippen LogP contribution in [0.15, 0.2) is 16.3 Å². The van der Waals surface area contributed by atoms with E-state index in [1.54, 1.807) is 10.4 Å². The molecule has 114 valence electrons. The fraction of sp³-hybridized carbons (Fsp3) is 0.692. The van der Waals surface area contributed by atoms with Crippen LogP contribution in [-0.2, 0) is 21.3 Å². The number of hydrogen-bond donors (Lipinski definition) is 1. The Labute approximate surface area is 125 Å². The molecule has 0 bridgehead atoms. The van der Waals surface area contributed by atoms with Crippen LogP contribution in [0.2, 0.25) is 0 Å². The molecule has 0 saturated carbocycles. The average Bonchev–Trinajstić information content (AvgIpc) is 2.88. The Morgan fingerprint density at radius 3 is 2.90 bits per heavy atom. The quantitative estimate of drug-likeness (QED) is 0.897. The molecule has 0 spiro atoms. The van der Waals surface area contributed by atoms with Crippen molar-refractivity contribution in [1.29, 1.82) is 0 Å². The first-order valence-corrected chi connectivity index (χ1v) is 9.11. The van der Waals surface area contributed by atoms with Crippen LogP contribution in [0, 0.1) is 0 Å². The molecule has 5 nitrogen and oxygen atoms in total. The van der Waals surface area contributed by atoms with Crippen molar-refractivity contribution in [3.8, 4) is 0 Å². The molecule has 2 rings (SSSR count). The normalized spacial score (nSPS) is 24.9. The molecular weight excluding hydrogens is 296 g/mol. The summed E-state index contributed by atoms with van der Waals surface area (Å²) in [5, 5.41) is 3.04. The summed E-state index contributed by atoms with van der Waals surface area (Å²) >= 11 is 1.34. The fourth-order valence-electron chi connectivity index (χ4n) is 2.31. The molecule has 1 N–H and O–H groups in total. The molecule has 1 aromatic rings. The Balaban J connectivity index is 2.26. The third-order valence-corrected chi connectivity index (χ3v) is 6.91. The Bertz CT molecular complexity index is 542. The van der Waals surface area contributed by atoms with E-state index in [1.807, 2.05) is 27.0 Å². The van der Waals surface area contributed by atoms with E-state index in [4.69, 9.17) is 4.74 Å². The number of hydrogen-bond acceptors (Lipinski definition) is 5. The minimum Gasteiger partial charge on any atom is -0.375 e. The number of nitrogens with zero attached hydrogens (tertiary/aromatic N) is 1. The number of thiophene rings is 1. The number of rotatable bonds is 5. The molecule has 2 unspecified atom stereocenters. The van der Waals surface area contributed by atoms with Crippen LogP contribution in [-0.4, -0.2) is 45.1 Å². The molecular formula is C13H22N2O3S2. The summed E-state index contributed by atoms with van der Waals surface area (Å²) in [6.07, 6.45) is 0.713. The minimum absolute atomic E-state index is 0.0516. The molecule has 1 saturated heterocycles. The standard InChI is InChI=1S/C13H22N2O3S2/c1-4-11-9-18-10(2)8-15(11)20(16,17)13-6-5-12(19-13)7-14-3/h5-6,10-11,14H,4,7-9H2,1-3H3. The van der Waals surface area contributed by atoms with Gasteiger partial charge in [-0.25, -0.2) is 8.42 Å². The zero-order valence-electron chi connectivity index (χ0n) is 12.1. The molecule has 1 aromatic heterocycles. The van der Waals surface area contributed by atoms with Gasteiger partial charge in [-0.1, -0.05) is 6.92 Å². The fourth-order valence-corrected chi connectivity index (χ4v) is 5.57. The van der Waals surface area contributed by atoms with Crippen molar-refractivity contribution in [3.05, 3.63) is 17.0 Å². The van der Waals surface area contributed by atoms with Gasteiger partial charge in [0.2, 0.25) is 0 Å². The summed E-state index contributed by atoms with van der Waals surface area (Å²) in [6.45, 7) is 5.51. The van der Waals surface area contributed by atoms with Crippen LogP contribution in [0.5, 0.6) is 0 Å². The van der Waals surface area contributed by atoms with Crippen molar-refractivity contribution >= 4 is 21.4 Å². The molecule has 2 atom stereocenters. The molecule has 1 fully saturated rings. The second-order valence-electron chi connectivity index (χ2n) is 5.03. The van der Waals surface area contributed by atoms with Gasteiger partial charge in [0.1, 0.15) is 4.21 Å². The van der Waals surface area contributed by atoms with Crippen LogP contribution in [0.4, 0.5) is 0 Å². The Hall–Kier alpha value is -0.470. The van der Waals surface area contributed by atoms with Crippen LogP contribution in [0.1, 0.15) is 25.1 Å².